The van der Waals surface area contributed by atoms with Crippen LogP contribution >= 0.6 is 23.4 Å². The molecule has 0 atom stereocenters. The molecule has 0 unspecified atom stereocenters. The van der Waals surface area contributed by atoms with Crippen molar-refractivity contribution in [1.29, 1.82) is 0 Å². The van der Waals surface area contributed by atoms with Crippen LogP contribution in [0.4, 0.5) is 4.39 Å². The van der Waals surface area contributed by atoms with Crippen molar-refractivity contribution >= 4 is 29.1 Å². The number of benzene rings is 2. The maximum absolute atomic E-state index is 13.1. The van der Waals surface area contributed by atoms with Gasteiger partial charge in [-0.3, -0.25) is 0 Å². The van der Waals surface area contributed by atoms with Crippen LogP contribution in [0.1, 0.15) is 5.56 Å². The minimum Gasteiger partial charge on any atom is -0.207 e. The molecule has 6 heteroatoms. The molecule has 0 radical (unpaired) electrons. The van der Waals surface area contributed by atoms with Gasteiger partial charge in [0.15, 0.2) is 11.0 Å². The predicted molar refractivity (Wildman–Crippen MR) is 91.0 cm³/mol. The molecule has 0 saturated heterocycles. The van der Waals surface area contributed by atoms with E-state index < -0.39 is 0 Å². The lowest BCUT2D eigenvalue weighted by Crippen LogP contribution is -2.07. The van der Waals surface area contributed by atoms with Gasteiger partial charge in [0.25, 0.3) is 0 Å². The zero-order chi connectivity index (χ0) is 15.8. The summed E-state index contributed by atoms with van der Waals surface area (Å²) in [6.07, 6.45) is 2.07. The Kier molecular flexibility index (Phi) is 3.67. The molecule has 0 spiro atoms. The van der Waals surface area contributed by atoms with Crippen LogP contribution in [0.2, 0.25) is 5.02 Å². The van der Waals surface area contributed by atoms with Gasteiger partial charge in [0.2, 0.25) is 0 Å². The molecule has 0 aliphatic carbocycles. The van der Waals surface area contributed by atoms with Gasteiger partial charge in [-0.05, 0) is 54.6 Å². The third-order valence-electron chi connectivity index (χ3n) is 3.54. The lowest BCUT2D eigenvalue weighted by Gasteiger charge is -2.14. The monoisotopic (exact) mass is 343 g/mol. The molecule has 0 amide bonds. The van der Waals surface area contributed by atoms with Crippen LogP contribution in [0.5, 0.6) is 0 Å². The largest absolute Gasteiger partial charge is 0.207 e. The molecule has 0 saturated carbocycles. The van der Waals surface area contributed by atoms with Crippen molar-refractivity contribution in [2.75, 3.05) is 5.75 Å². The number of aromatic nitrogens is 3. The van der Waals surface area contributed by atoms with Crippen molar-refractivity contribution in [3.8, 4) is 11.4 Å². The van der Waals surface area contributed by atoms with Crippen LogP contribution in [0.25, 0.3) is 17.1 Å². The Labute approximate surface area is 141 Å². The van der Waals surface area contributed by atoms with Crippen molar-refractivity contribution in [3.05, 3.63) is 71.0 Å². The van der Waals surface area contributed by atoms with E-state index in [1.54, 1.807) is 23.9 Å². The van der Waals surface area contributed by atoms with Gasteiger partial charge in [-0.15, -0.1) is 5.10 Å². The average Bonchev–Trinajstić information content (AvgIpc) is 3.00. The molecule has 0 bridgehead atoms. The Balaban J connectivity index is 1.76. The molecule has 0 fully saturated rings. The highest BCUT2D eigenvalue weighted by Crippen LogP contribution is 2.31. The number of hydrogen-bond acceptors (Lipinski definition) is 3. The summed E-state index contributed by atoms with van der Waals surface area (Å²) in [5.74, 6) is 1.21. The Hall–Kier alpha value is -2.11. The number of rotatable bonds is 2. The van der Waals surface area contributed by atoms with E-state index in [0.717, 1.165) is 27.7 Å². The summed E-state index contributed by atoms with van der Waals surface area (Å²) in [4.78, 5) is 4.60. The van der Waals surface area contributed by atoms with Gasteiger partial charge in [0, 0.05) is 21.9 Å². The fourth-order valence-electron chi connectivity index (χ4n) is 2.41. The molecule has 3 aromatic rings. The highest BCUT2D eigenvalue weighted by atomic mass is 35.5. The molecule has 2 aromatic carbocycles. The topological polar surface area (TPSA) is 30.7 Å². The molecular weight excluding hydrogens is 333 g/mol. The normalized spacial score (nSPS) is 13.6. The van der Waals surface area contributed by atoms with E-state index in [1.165, 1.54) is 12.1 Å². The molecule has 23 heavy (non-hydrogen) atoms. The fourth-order valence-corrected chi connectivity index (χ4v) is 3.34. The third-order valence-corrected chi connectivity index (χ3v) is 4.64. The van der Waals surface area contributed by atoms with Gasteiger partial charge in [0.1, 0.15) is 5.82 Å². The van der Waals surface area contributed by atoms with Gasteiger partial charge in [-0.1, -0.05) is 23.4 Å². The first-order chi connectivity index (χ1) is 11.2. The van der Waals surface area contributed by atoms with Gasteiger partial charge in [-0.2, -0.15) is 0 Å². The number of halogens is 2. The van der Waals surface area contributed by atoms with E-state index in [2.05, 4.69) is 16.2 Å². The molecular formula is C17H11ClFN3S. The molecule has 4 rings (SSSR count). The predicted octanol–water partition coefficient (Wildman–Crippen LogP) is 4.73. The number of fused-ring (bicyclic) bond motifs is 1. The Bertz CT molecular complexity index is 885. The number of hydrogen-bond donors (Lipinski definition) is 0. The van der Waals surface area contributed by atoms with Crippen LogP contribution in [0.15, 0.2) is 59.8 Å². The summed E-state index contributed by atoms with van der Waals surface area (Å²) in [5.41, 5.74) is 2.75. The summed E-state index contributed by atoms with van der Waals surface area (Å²) in [6.45, 7) is 0. The van der Waals surface area contributed by atoms with Gasteiger partial charge in [-0.25, -0.2) is 14.1 Å². The van der Waals surface area contributed by atoms with Crippen molar-refractivity contribution in [3.63, 3.8) is 0 Å². The van der Waals surface area contributed by atoms with Crippen LogP contribution in [0.3, 0.4) is 0 Å². The summed E-state index contributed by atoms with van der Waals surface area (Å²) in [7, 11) is 0. The van der Waals surface area contributed by atoms with Crippen LogP contribution in [-0.4, -0.2) is 20.5 Å². The highest BCUT2D eigenvalue weighted by molar-refractivity contribution is 7.99. The zero-order valence-corrected chi connectivity index (χ0v) is 13.5. The quantitative estimate of drug-likeness (QED) is 0.673. The zero-order valence-electron chi connectivity index (χ0n) is 11.9. The van der Waals surface area contributed by atoms with Crippen LogP contribution < -0.4 is 0 Å². The van der Waals surface area contributed by atoms with Crippen molar-refractivity contribution < 1.29 is 4.39 Å². The van der Waals surface area contributed by atoms with E-state index >= 15 is 0 Å². The number of thioether (sulfide) groups is 1. The Morgan fingerprint density at radius 1 is 1.00 bits per heavy atom. The minimum absolute atomic E-state index is 0.250. The maximum Gasteiger partial charge on any atom is 0.191 e. The SMILES string of the molecule is Fc1ccc(C2=CCSc3nc(-c4ccc(Cl)cc4)nn32)cc1. The van der Waals surface area contributed by atoms with Crippen LogP contribution in [0, 0.1) is 5.82 Å². The Morgan fingerprint density at radius 3 is 2.43 bits per heavy atom. The second-order valence-corrected chi connectivity index (χ2v) is 6.47. The summed E-state index contributed by atoms with van der Waals surface area (Å²) >= 11 is 7.55. The molecule has 114 valence electrons. The third kappa shape index (κ3) is 2.78. The van der Waals surface area contributed by atoms with E-state index in [4.69, 9.17) is 11.6 Å². The standard InChI is InChI=1S/C17H11ClFN3S/c18-13-5-1-12(2-6-13)16-20-17-22(21-16)15(9-10-23-17)11-3-7-14(19)8-4-11/h1-9H,10H2. The van der Waals surface area contributed by atoms with Gasteiger partial charge < -0.3 is 0 Å². The maximum atomic E-state index is 13.1. The second-order valence-electron chi connectivity index (χ2n) is 5.04. The first kappa shape index (κ1) is 14.5. The second kappa shape index (κ2) is 5.83. The van der Waals surface area contributed by atoms with Crippen LogP contribution in [-0.2, 0) is 0 Å². The fraction of sp³-hybridized carbons (Fsp3) is 0.0588. The Morgan fingerprint density at radius 2 is 1.70 bits per heavy atom. The lowest BCUT2D eigenvalue weighted by atomic mass is 10.1. The van der Waals surface area contributed by atoms with Crippen molar-refractivity contribution in [1.82, 2.24) is 14.8 Å². The molecule has 0 N–H and O–H groups in total. The number of nitrogens with zero attached hydrogens (tertiary/aromatic N) is 3. The smallest absolute Gasteiger partial charge is 0.191 e. The molecule has 2 heterocycles. The van der Waals surface area contributed by atoms with E-state index in [1.807, 2.05) is 28.9 Å². The van der Waals surface area contributed by atoms with E-state index in [9.17, 15) is 4.39 Å². The minimum atomic E-state index is -0.250. The molecule has 3 nitrogen and oxygen atoms in total. The summed E-state index contributed by atoms with van der Waals surface area (Å²) in [6, 6.07) is 13.9. The molecule has 1 aliphatic heterocycles. The average molecular weight is 344 g/mol. The highest BCUT2D eigenvalue weighted by Gasteiger charge is 2.19. The van der Waals surface area contributed by atoms with Gasteiger partial charge in [0.05, 0.1) is 5.70 Å². The van der Waals surface area contributed by atoms with Gasteiger partial charge >= 0.3 is 0 Å². The molecule has 1 aliphatic rings. The summed E-state index contributed by atoms with van der Waals surface area (Å²) < 4.78 is 14.9. The first-order valence-electron chi connectivity index (χ1n) is 7.03. The van der Waals surface area contributed by atoms with E-state index in [0.29, 0.717) is 10.8 Å². The summed E-state index contributed by atoms with van der Waals surface area (Å²) in [5, 5.41) is 6.12. The first-order valence-corrected chi connectivity index (χ1v) is 8.39. The van der Waals surface area contributed by atoms with E-state index in [-0.39, 0.29) is 5.82 Å². The van der Waals surface area contributed by atoms with Crippen molar-refractivity contribution in [2.24, 2.45) is 0 Å². The lowest BCUT2D eigenvalue weighted by molar-refractivity contribution is 0.627. The molecule has 1 aromatic heterocycles. The van der Waals surface area contributed by atoms with Crippen molar-refractivity contribution in [2.45, 2.75) is 5.16 Å².